The highest BCUT2D eigenvalue weighted by atomic mass is 32.2. The zero-order valence-electron chi connectivity index (χ0n) is 17.8. The van der Waals surface area contributed by atoms with Crippen molar-refractivity contribution < 1.29 is 49.1 Å². The molecule has 0 aliphatic heterocycles. The van der Waals surface area contributed by atoms with Gasteiger partial charge in [0.05, 0.1) is 6.04 Å². The highest BCUT2D eigenvalue weighted by Crippen LogP contribution is 2.28. The Morgan fingerprint density at radius 1 is 1.00 bits per heavy atom. The molecule has 0 saturated carbocycles. The molecule has 194 valence electrons. The van der Waals surface area contributed by atoms with Crippen molar-refractivity contribution in [2.45, 2.75) is 24.0 Å². The number of benzene rings is 2. The van der Waals surface area contributed by atoms with Crippen LogP contribution in [0.4, 0.5) is 42.2 Å². The number of rotatable bonds is 6. The van der Waals surface area contributed by atoms with Crippen LogP contribution in [0, 0.1) is 23.3 Å². The van der Waals surface area contributed by atoms with Gasteiger partial charge in [-0.15, -0.1) is 0 Å². The molecule has 0 unspecified atom stereocenters. The van der Waals surface area contributed by atoms with Gasteiger partial charge in [0, 0.05) is 17.4 Å². The topological polar surface area (TPSA) is 121 Å². The Labute approximate surface area is 198 Å². The molecule has 0 aliphatic rings. The molecule has 1 aromatic heterocycles. The highest BCUT2D eigenvalue weighted by molar-refractivity contribution is 7.92. The second kappa shape index (κ2) is 11.2. The Kier molecular flexibility index (Phi) is 8.80. The van der Waals surface area contributed by atoms with Gasteiger partial charge in [0.1, 0.15) is 35.4 Å². The average molecular weight is 540 g/mol. The average Bonchev–Trinajstić information content (AvgIpc) is 2.74. The molecule has 0 radical (unpaired) electrons. The van der Waals surface area contributed by atoms with E-state index in [4.69, 9.17) is 9.90 Å². The van der Waals surface area contributed by atoms with E-state index in [2.05, 4.69) is 15.3 Å². The Bertz CT molecular complexity index is 1320. The summed E-state index contributed by atoms with van der Waals surface area (Å²) < 4.78 is 114. The maximum atomic E-state index is 14.4. The number of carboxylic acid groups (broad SMARTS) is 1. The molecule has 0 amide bonds. The van der Waals surface area contributed by atoms with Crippen LogP contribution in [0.5, 0.6) is 0 Å². The summed E-state index contributed by atoms with van der Waals surface area (Å²) in [5, 5.41) is 9.74. The summed E-state index contributed by atoms with van der Waals surface area (Å²) in [4.78, 5) is 14.9. The number of alkyl halides is 3. The van der Waals surface area contributed by atoms with E-state index in [1.165, 1.54) is 19.2 Å². The molecule has 8 nitrogen and oxygen atoms in total. The van der Waals surface area contributed by atoms with Gasteiger partial charge in [0.2, 0.25) is 0 Å². The van der Waals surface area contributed by atoms with E-state index in [-0.39, 0.29) is 17.1 Å². The number of hydrogen-bond acceptors (Lipinski definition) is 6. The van der Waals surface area contributed by atoms with Crippen molar-refractivity contribution in [1.82, 2.24) is 9.97 Å². The first-order valence-electron chi connectivity index (χ1n) is 9.41. The maximum Gasteiger partial charge on any atom is 0.490 e. The first kappa shape index (κ1) is 28.3. The lowest BCUT2D eigenvalue weighted by atomic mass is 10.1. The van der Waals surface area contributed by atoms with Gasteiger partial charge in [-0.05, 0) is 43.3 Å². The fourth-order valence-corrected chi connectivity index (χ4v) is 3.74. The third-order valence-electron chi connectivity index (χ3n) is 4.14. The molecule has 0 bridgehead atoms. The quantitative estimate of drug-likeness (QED) is 0.390. The van der Waals surface area contributed by atoms with E-state index in [0.29, 0.717) is 0 Å². The number of aromatic nitrogens is 2. The molecule has 0 spiro atoms. The van der Waals surface area contributed by atoms with Crippen molar-refractivity contribution in [3.63, 3.8) is 0 Å². The lowest BCUT2D eigenvalue weighted by Gasteiger charge is -2.17. The van der Waals surface area contributed by atoms with Crippen LogP contribution in [-0.2, 0) is 14.8 Å². The maximum absolute atomic E-state index is 14.4. The number of halogens is 7. The molecule has 2 aromatic carbocycles. The zero-order valence-corrected chi connectivity index (χ0v) is 18.6. The first-order chi connectivity index (χ1) is 16.6. The van der Waals surface area contributed by atoms with Crippen molar-refractivity contribution in [3.8, 4) is 0 Å². The molecular formula is C20H15F7N4O4S. The van der Waals surface area contributed by atoms with Gasteiger partial charge in [0.15, 0.2) is 4.90 Å². The van der Waals surface area contributed by atoms with Gasteiger partial charge in [0.25, 0.3) is 10.0 Å². The molecule has 3 rings (SSSR count). The Morgan fingerprint density at radius 2 is 1.58 bits per heavy atom. The number of carbonyl (C=O) groups is 1. The van der Waals surface area contributed by atoms with Crippen molar-refractivity contribution in [2.24, 2.45) is 0 Å². The van der Waals surface area contributed by atoms with E-state index in [0.717, 1.165) is 36.7 Å². The summed E-state index contributed by atoms with van der Waals surface area (Å²) in [6.07, 6.45) is -2.78. The second-order valence-electron chi connectivity index (χ2n) is 6.80. The fourth-order valence-electron chi connectivity index (χ4n) is 2.61. The van der Waals surface area contributed by atoms with Crippen molar-refractivity contribution in [3.05, 3.63) is 77.8 Å². The van der Waals surface area contributed by atoms with Crippen LogP contribution >= 0.6 is 0 Å². The van der Waals surface area contributed by atoms with E-state index in [1.807, 2.05) is 4.72 Å². The van der Waals surface area contributed by atoms with Crippen LogP contribution in [0.25, 0.3) is 0 Å². The summed E-state index contributed by atoms with van der Waals surface area (Å²) in [7, 11) is -4.61. The number of hydrogen-bond donors (Lipinski definition) is 3. The summed E-state index contributed by atoms with van der Waals surface area (Å²) in [5.41, 5.74) is -0.218. The van der Waals surface area contributed by atoms with Crippen LogP contribution < -0.4 is 10.0 Å². The molecule has 3 aromatic rings. The summed E-state index contributed by atoms with van der Waals surface area (Å²) >= 11 is 0. The molecule has 0 saturated heterocycles. The Hall–Kier alpha value is -3.95. The van der Waals surface area contributed by atoms with E-state index < -0.39 is 56.4 Å². The van der Waals surface area contributed by atoms with Crippen LogP contribution in [0.2, 0.25) is 0 Å². The predicted molar refractivity (Wildman–Crippen MR) is 111 cm³/mol. The lowest BCUT2D eigenvalue weighted by Crippen LogP contribution is -2.21. The van der Waals surface area contributed by atoms with E-state index in [1.54, 1.807) is 0 Å². The number of sulfonamides is 1. The number of aliphatic carboxylic acids is 1. The molecule has 36 heavy (non-hydrogen) atoms. The van der Waals surface area contributed by atoms with Gasteiger partial charge < -0.3 is 10.4 Å². The SMILES string of the molecule is C[C@H](Nc1cc(F)c(S(=O)(=O)Nc2ccncn2)c(F)c1)c1cc(F)ccc1F.O=C(O)C(F)(F)F. The minimum Gasteiger partial charge on any atom is -0.475 e. The van der Waals surface area contributed by atoms with Crippen LogP contribution in [0.1, 0.15) is 18.5 Å². The van der Waals surface area contributed by atoms with Gasteiger partial charge in [-0.1, -0.05) is 0 Å². The highest BCUT2D eigenvalue weighted by Gasteiger charge is 2.38. The van der Waals surface area contributed by atoms with E-state index in [9.17, 15) is 39.2 Å². The number of nitrogens with zero attached hydrogens (tertiary/aromatic N) is 2. The minimum absolute atomic E-state index is 0.0621. The minimum atomic E-state index is -5.08. The third kappa shape index (κ3) is 7.53. The van der Waals surface area contributed by atoms with Gasteiger partial charge >= 0.3 is 12.1 Å². The Balaban J connectivity index is 0.000000572. The van der Waals surface area contributed by atoms with Crippen LogP contribution in [0.3, 0.4) is 0 Å². The number of anilines is 2. The standard InChI is InChI=1S/C18H14F4N4O2S.C2HF3O2/c1-10(13-6-11(19)2-3-14(13)20)25-12-7-15(21)18(16(22)8-12)29(27,28)26-17-4-5-23-9-24-17;3-2(4,5)1(6)7/h2-10,25H,1H3,(H,23,24,26);(H,6,7)/t10-;/m0./s1. The monoisotopic (exact) mass is 540 g/mol. The smallest absolute Gasteiger partial charge is 0.475 e. The Morgan fingerprint density at radius 3 is 2.08 bits per heavy atom. The van der Waals surface area contributed by atoms with Crippen LogP contribution in [0.15, 0.2) is 53.8 Å². The third-order valence-corrected chi connectivity index (χ3v) is 5.54. The van der Waals surface area contributed by atoms with Crippen molar-refractivity contribution in [2.75, 3.05) is 10.0 Å². The summed E-state index contributed by atoms with van der Waals surface area (Å²) in [5.74, 6) is -7.06. The van der Waals surface area contributed by atoms with Crippen LogP contribution in [-0.4, -0.2) is 35.6 Å². The summed E-state index contributed by atoms with van der Waals surface area (Å²) in [6, 6.07) is 4.65. The largest absolute Gasteiger partial charge is 0.490 e. The van der Waals surface area contributed by atoms with Gasteiger partial charge in [-0.2, -0.15) is 13.2 Å². The second-order valence-corrected chi connectivity index (χ2v) is 8.42. The molecule has 0 fully saturated rings. The number of nitrogens with one attached hydrogen (secondary N) is 2. The van der Waals surface area contributed by atoms with Crippen molar-refractivity contribution >= 4 is 27.5 Å². The normalized spacial score (nSPS) is 12.2. The molecular weight excluding hydrogens is 525 g/mol. The lowest BCUT2D eigenvalue weighted by molar-refractivity contribution is -0.192. The molecule has 0 aliphatic carbocycles. The predicted octanol–water partition coefficient (Wildman–Crippen LogP) is 4.64. The molecule has 1 atom stereocenters. The van der Waals surface area contributed by atoms with Gasteiger partial charge in [-0.25, -0.2) is 40.7 Å². The van der Waals surface area contributed by atoms with E-state index >= 15 is 0 Å². The zero-order chi connectivity index (χ0) is 27.3. The number of carboxylic acids is 1. The molecule has 1 heterocycles. The fraction of sp³-hybridized carbons (Fsp3) is 0.150. The molecule has 3 N–H and O–H groups in total. The van der Waals surface area contributed by atoms with Crippen molar-refractivity contribution in [1.29, 1.82) is 0 Å². The molecule has 16 heteroatoms. The van der Waals surface area contributed by atoms with Gasteiger partial charge in [-0.3, -0.25) is 4.72 Å². The first-order valence-corrected chi connectivity index (χ1v) is 10.9. The summed E-state index contributed by atoms with van der Waals surface area (Å²) in [6.45, 7) is 1.45.